The van der Waals surface area contributed by atoms with E-state index in [-0.39, 0.29) is 11.8 Å². The number of fused-ring (bicyclic) bond motifs is 1. The van der Waals surface area contributed by atoms with E-state index in [1.807, 2.05) is 13.0 Å². The summed E-state index contributed by atoms with van der Waals surface area (Å²) in [7, 11) is 1.36. The SMILES string of the molecule is CNc1nc(Nc2cc3cc(C)[nH]c3cc2Cl)ncc1C(F)(F)F. The monoisotopic (exact) mass is 355 g/mol. The summed E-state index contributed by atoms with van der Waals surface area (Å²) < 4.78 is 38.6. The molecule has 0 radical (unpaired) electrons. The molecule has 0 aliphatic carbocycles. The molecule has 0 saturated heterocycles. The molecule has 0 unspecified atom stereocenters. The molecule has 2 aromatic heterocycles. The highest BCUT2D eigenvalue weighted by molar-refractivity contribution is 6.34. The number of hydrogen-bond acceptors (Lipinski definition) is 4. The summed E-state index contributed by atoms with van der Waals surface area (Å²) in [6, 6.07) is 5.44. The van der Waals surface area contributed by atoms with Crippen molar-refractivity contribution in [3.8, 4) is 0 Å². The van der Waals surface area contributed by atoms with Crippen LogP contribution < -0.4 is 10.6 Å². The van der Waals surface area contributed by atoms with Crippen LogP contribution in [0.3, 0.4) is 0 Å². The number of nitrogens with zero attached hydrogens (tertiary/aromatic N) is 2. The van der Waals surface area contributed by atoms with Crippen molar-refractivity contribution in [3.63, 3.8) is 0 Å². The van der Waals surface area contributed by atoms with E-state index in [0.29, 0.717) is 10.7 Å². The van der Waals surface area contributed by atoms with Gasteiger partial charge in [0.25, 0.3) is 0 Å². The van der Waals surface area contributed by atoms with E-state index < -0.39 is 11.7 Å². The number of anilines is 3. The Labute approximate surface area is 140 Å². The Kier molecular flexibility index (Phi) is 4.00. The minimum atomic E-state index is -4.53. The van der Waals surface area contributed by atoms with Gasteiger partial charge in [0.1, 0.15) is 11.4 Å². The Balaban J connectivity index is 1.97. The first kappa shape index (κ1) is 16.4. The molecule has 0 saturated carbocycles. The van der Waals surface area contributed by atoms with Gasteiger partial charge in [0.05, 0.1) is 10.7 Å². The molecule has 0 fully saturated rings. The number of aromatic nitrogens is 3. The summed E-state index contributed by atoms with van der Waals surface area (Å²) in [5.74, 6) is -0.296. The summed E-state index contributed by atoms with van der Waals surface area (Å²) in [6.45, 7) is 1.92. The highest BCUT2D eigenvalue weighted by atomic mass is 35.5. The maximum Gasteiger partial charge on any atom is 0.421 e. The molecule has 126 valence electrons. The minimum absolute atomic E-state index is 0.0147. The van der Waals surface area contributed by atoms with Crippen LogP contribution in [0, 0.1) is 6.92 Å². The lowest BCUT2D eigenvalue weighted by molar-refractivity contribution is -0.137. The normalized spacial score (nSPS) is 11.8. The van der Waals surface area contributed by atoms with Gasteiger partial charge >= 0.3 is 6.18 Å². The van der Waals surface area contributed by atoms with Gasteiger partial charge in [0, 0.05) is 29.8 Å². The number of alkyl halides is 3. The average Bonchev–Trinajstić information content (AvgIpc) is 2.85. The van der Waals surface area contributed by atoms with Crippen molar-refractivity contribution in [2.75, 3.05) is 17.7 Å². The molecular formula is C15H13ClF3N5. The summed E-state index contributed by atoms with van der Waals surface area (Å²) in [5, 5.41) is 6.60. The first-order valence-electron chi connectivity index (χ1n) is 6.96. The van der Waals surface area contributed by atoms with E-state index in [0.717, 1.165) is 22.8 Å². The molecule has 0 bridgehead atoms. The van der Waals surface area contributed by atoms with Crippen LogP contribution in [0.4, 0.5) is 30.6 Å². The van der Waals surface area contributed by atoms with Crippen LogP contribution in [-0.2, 0) is 6.18 Å². The lowest BCUT2D eigenvalue weighted by atomic mass is 10.2. The quantitative estimate of drug-likeness (QED) is 0.635. The highest BCUT2D eigenvalue weighted by Gasteiger charge is 2.35. The molecule has 5 nitrogen and oxygen atoms in total. The fourth-order valence-corrected chi connectivity index (χ4v) is 2.57. The number of halogens is 4. The summed E-state index contributed by atoms with van der Waals surface area (Å²) in [6.07, 6.45) is -3.80. The largest absolute Gasteiger partial charge is 0.421 e. The van der Waals surface area contributed by atoms with Gasteiger partial charge in [-0.05, 0) is 25.1 Å². The van der Waals surface area contributed by atoms with Crippen LogP contribution in [-0.4, -0.2) is 22.0 Å². The Bertz CT molecular complexity index is 904. The second kappa shape index (κ2) is 5.86. The summed E-state index contributed by atoms with van der Waals surface area (Å²) >= 11 is 6.21. The maximum atomic E-state index is 12.9. The maximum absolute atomic E-state index is 12.9. The van der Waals surface area contributed by atoms with Crippen LogP contribution in [0.5, 0.6) is 0 Å². The number of benzene rings is 1. The summed E-state index contributed by atoms with van der Waals surface area (Å²) in [4.78, 5) is 10.7. The number of aryl methyl sites for hydroxylation is 1. The molecule has 0 spiro atoms. The van der Waals surface area contributed by atoms with Crippen molar-refractivity contribution in [1.29, 1.82) is 0 Å². The number of rotatable bonds is 3. The van der Waals surface area contributed by atoms with Gasteiger partial charge in [0.2, 0.25) is 5.95 Å². The smallest absolute Gasteiger partial charge is 0.372 e. The van der Waals surface area contributed by atoms with Crippen molar-refractivity contribution in [2.45, 2.75) is 13.1 Å². The zero-order valence-corrected chi connectivity index (χ0v) is 13.5. The van der Waals surface area contributed by atoms with E-state index in [4.69, 9.17) is 11.6 Å². The van der Waals surface area contributed by atoms with Crippen LogP contribution in [0.1, 0.15) is 11.3 Å². The third-order valence-corrected chi connectivity index (χ3v) is 3.73. The fraction of sp³-hybridized carbons (Fsp3) is 0.200. The topological polar surface area (TPSA) is 65.6 Å². The lowest BCUT2D eigenvalue weighted by Crippen LogP contribution is -2.12. The number of H-pyrrole nitrogens is 1. The van der Waals surface area contributed by atoms with Crippen LogP contribution in [0.25, 0.3) is 10.9 Å². The third-order valence-electron chi connectivity index (χ3n) is 3.42. The number of hydrogen-bond donors (Lipinski definition) is 3. The Hall–Kier alpha value is -2.48. The van der Waals surface area contributed by atoms with Gasteiger partial charge < -0.3 is 15.6 Å². The molecule has 3 rings (SSSR count). The molecule has 0 atom stereocenters. The Morgan fingerprint density at radius 1 is 1.21 bits per heavy atom. The molecule has 3 N–H and O–H groups in total. The zero-order chi connectivity index (χ0) is 17.5. The number of aromatic amines is 1. The van der Waals surface area contributed by atoms with E-state index in [2.05, 4.69) is 25.6 Å². The zero-order valence-electron chi connectivity index (χ0n) is 12.7. The Morgan fingerprint density at radius 3 is 2.62 bits per heavy atom. The predicted molar refractivity (Wildman–Crippen MR) is 87.9 cm³/mol. The van der Waals surface area contributed by atoms with E-state index in [1.54, 1.807) is 12.1 Å². The predicted octanol–water partition coefficient (Wildman–Crippen LogP) is 4.72. The summed E-state index contributed by atoms with van der Waals surface area (Å²) in [5.41, 5.74) is 1.41. The van der Waals surface area contributed by atoms with Gasteiger partial charge in [-0.25, -0.2) is 4.98 Å². The van der Waals surface area contributed by atoms with Crippen LogP contribution in [0.2, 0.25) is 5.02 Å². The lowest BCUT2D eigenvalue weighted by Gasteiger charge is -2.13. The molecular weight excluding hydrogens is 343 g/mol. The van der Waals surface area contributed by atoms with Gasteiger partial charge in [-0.1, -0.05) is 11.6 Å². The molecule has 0 aliphatic rings. The van der Waals surface area contributed by atoms with Gasteiger partial charge in [-0.15, -0.1) is 0 Å². The second-order valence-electron chi connectivity index (χ2n) is 5.20. The van der Waals surface area contributed by atoms with Crippen molar-refractivity contribution < 1.29 is 13.2 Å². The molecule has 0 amide bonds. The van der Waals surface area contributed by atoms with Gasteiger partial charge in [-0.2, -0.15) is 18.2 Å². The molecule has 2 heterocycles. The molecule has 0 aliphatic heterocycles. The van der Waals surface area contributed by atoms with Gasteiger partial charge in [0.15, 0.2) is 0 Å². The van der Waals surface area contributed by atoms with Crippen molar-refractivity contribution in [3.05, 3.63) is 40.7 Å². The van der Waals surface area contributed by atoms with E-state index in [9.17, 15) is 13.2 Å². The van der Waals surface area contributed by atoms with E-state index >= 15 is 0 Å². The van der Waals surface area contributed by atoms with Crippen LogP contribution >= 0.6 is 11.6 Å². The standard InChI is InChI=1S/C15H13ClF3N5/c1-7-3-8-4-12(10(16)5-11(8)22-7)23-14-21-6-9(15(17,18)19)13(20-2)24-14/h3-6,22H,1-2H3,(H2,20,21,23,24). The van der Waals surface area contributed by atoms with Crippen molar-refractivity contribution in [2.24, 2.45) is 0 Å². The Morgan fingerprint density at radius 2 is 1.96 bits per heavy atom. The molecule has 1 aromatic carbocycles. The molecule has 9 heteroatoms. The minimum Gasteiger partial charge on any atom is -0.372 e. The third kappa shape index (κ3) is 3.09. The first-order chi connectivity index (χ1) is 11.3. The highest BCUT2D eigenvalue weighted by Crippen LogP contribution is 2.35. The van der Waals surface area contributed by atoms with Gasteiger partial charge in [-0.3, -0.25) is 0 Å². The average molecular weight is 356 g/mol. The van der Waals surface area contributed by atoms with Crippen molar-refractivity contribution >= 4 is 40.0 Å². The number of nitrogens with one attached hydrogen (secondary N) is 3. The molecule has 3 aromatic rings. The second-order valence-corrected chi connectivity index (χ2v) is 5.61. The first-order valence-corrected chi connectivity index (χ1v) is 7.33. The van der Waals surface area contributed by atoms with E-state index in [1.165, 1.54) is 7.05 Å². The van der Waals surface area contributed by atoms with Crippen molar-refractivity contribution in [1.82, 2.24) is 15.0 Å². The fourth-order valence-electron chi connectivity index (χ4n) is 2.36. The van der Waals surface area contributed by atoms with Crippen LogP contribution in [0.15, 0.2) is 24.4 Å². The molecule has 24 heavy (non-hydrogen) atoms.